The maximum atomic E-state index is 12.1. The predicted octanol–water partition coefficient (Wildman–Crippen LogP) is 3.09. The molecule has 0 atom stereocenters. The zero-order chi connectivity index (χ0) is 13.2. The fraction of sp³-hybridized carbons (Fsp3) is 0.462. The van der Waals surface area contributed by atoms with Gasteiger partial charge < -0.3 is 10.4 Å². The number of halogens is 2. The summed E-state index contributed by atoms with van der Waals surface area (Å²) in [5.74, 6) is -0.124. The van der Waals surface area contributed by atoms with E-state index in [4.69, 9.17) is 0 Å². The van der Waals surface area contributed by atoms with E-state index >= 15 is 0 Å². The Morgan fingerprint density at radius 1 is 1.44 bits per heavy atom. The summed E-state index contributed by atoms with van der Waals surface area (Å²) in [7, 11) is 0. The summed E-state index contributed by atoms with van der Waals surface area (Å²) in [6.07, 6.45) is 3.65. The van der Waals surface area contributed by atoms with E-state index in [1.807, 2.05) is 12.1 Å². The van der Waals surface area contributed by atoms with Gasteiger partial charge >= 0.3 is 0 Å². The molecule has 1 aliphatic rings. The molecular weight excluding hydrogens is 409 g/mol. The van der Waals surface area contributed by atoms with Gasteiger partial charge in [-0.3, -0.25) is 4.79 Å². The standard InChI is InChI=1S/C13H15BrINO2/c14-9-3-4-11(15)10(7-9)12(17)16-8-13(18)5-1-2-6-13/h3-4,7,18H,1-2,5-6,8H2,(H,16,17). The first kappa shape index (κ1) is 14.3. The number of hydrogen-bond acceptors (Lipinski definition) is 2. The van der Waals surface area contributed by atoms with Gasteiger partial charge in [-0.25, -0.2) is 0 Å². The molecule has 2 rings (SSSR count). The summed E-state index contributed by atoms with van der Waals surface area (Å²) in [5.41, 5.74) is -0.0563. The molecular formula is C13H15BrINO2. The van der Waals surface area contributed by atoms with E-state index in [0.29, 0.717) is 12.1 Å². The van der Waals surface area contributed by atoms with Gasteiger partial charge in [0, 0.05) is 14.6 Å². The van der Waals surface area contributed by atoms with Crippen molar-refractivity contribution in [2.75, 3.05) is 6.54 Å². The van der Waals surface area contributed by atoms with E-state index in [1.165, 1.54) is 0 Å². The number of nitrogens with one attached hydrogen (secondary N) is 1. The molecule has 0 radical (unpaired) electrons. The Morgan fingerprint density at radius 2 is 2.11 bits per heavy atom. The molecule has 0 bridgehead atoms. The summed E-state index contributed by atoms with van der Waals surface area (Å²) in [6.45, 7) is 0.342. The van der Waals surface area contributed by atoms with Crippen LogP contribution >= 0.6 is 38.5 Å². The second kappa shape index (κ2) is 5.88. The minimum atomic E-state index is -0.701. The zero-order valence-corrected chi connectivity index (χ0v) is 13.6. The lowest BCUT2D eigenvalue weighted by Crippen LogP contribution is -2.40. The normalized spacial score (nSPS) is 17.7. The molecule has 1 saturated carbocycles. The fourth-order valence-corrected chi connectivity index (χ4v) is 3.16. The summed E-state index contributed by atoms with van der Waals surface area (Å²) in [4.78, 5) is 12.1. The highest BCUT2D eigenvalue weighted by atomic mass is 127. The Labute approximate surface area is 129 Å². The van der Waals surface area contributed by atoms with Crippen LogP contribution in [0.4, 0.5) is 0 Å². The molecule has 0 unspecified atom stereocenters. The smallest absolute Gasteiger partial charge is 0.252 e. The average Bonchev–Trinajstić information content (AvgIpc) is 2.77. The molecule has 2 N–H and O–H groups in total. The topological polar surface area (TPSA) is 49.3 Å². The number of carbonyl (C=O) groups is 1. The highest BCUT2D eigenvalue weighted by Crippen LogP contribution is 2.28. The van der Waals surface area contributed by atoms with Gasteiger partial charge in [-0.2, -0.15) is 0 Å². The van der Waals surface area contributed by atoms with Crippen molar-refractivity contribution in [1.29, 1.82) is 0 Å². The van der Waals surface area contributed by atoms with E-state index in [-0.39, 0.29) is 5.91 Å². The van der Waals surface area contributed by atoms with Crippen LogP contribution in [0.2, 0.25) is 0 Å². The predicted molar refractivity (Wildman–Crippen MR) is 82.6 cm³/mol. The maximum Gasteiger partial charge on any atom is 0.252 e. The minimum absolute atomic E-state index is 0.124. The van der Waals surface area contributed by atoms with Crippen molar-refractivity contribution in [1.82, 2.24) is 5.32 Å². The molecule has 5 heteroatoms. The quantitative estimate of drug-likeness (QED) is 0.734. The van der Waals surface area contributed by atoms with Crippen LogP contribution in [0.25, 0.3) is 0 Å². The van der Waals surface area contributed by atoms with E-state index in [1.54, 1.807) is 6.07 Å². The number of carbonyl (C=O) groups excluding carboxylic acids is 1. The van der Waals surface area contributed by atoms with Gasteiger partial charge in [-0.1, -0.05) is 28.8 Å². The SMILES string of the molecule is O=C(NCC1(O)CCCC1)c1cc(Br)ccc1I. The van der Waals surface area contributed by atoms with Crippen LogP contribution < -0.4 is 5.32 Å². The van der Waals surface area contributed by atoms with Crippen LogP contribution in [0.3, 0.4) is 0 Å². The Hall–Kier alpha value is -0.140. The third-order valence-corrected chi connectivity index (χ3v) is 4.72. The fourth-order valence-electron chi connectivity index (χ4n) is 2.22. The summed E-state index contributed by atoms with van der Waals surface area (Å²) < 4.78 is 1.79. The van der Waals surface area contributed by atoms with Gasteiger partial charge in [-0.15, -0.1) is 0 Å². The number of benzene rings is 1. The second-order valence-corrected chi connectivity index (χ2v) is 6.82. The first-order chi connectivity index (χ1) is 8.50. The van der Waals surface area contributed by atoms with Gasteiger partial charge in [0.25, 0.3) is 5.91 Å². The monoisotopic (exact) mass is 423 g/mol. The number of rotatable bonds is 3. The lowest BCUT2D eigenvalue weighted by Gasteiger charge is -2.22. The van der Waals surface area contributed by atoms with Gasteiger partial charge in [0.2, 0.25) is 0 Å². The Balaban J connectivity index is 2.01. The minimum Gasteiger partial charge on any atom is -0.388 e. The van der Waals surface area contributed by atoms with Gasteiger partial charge in [0.15, 0.2) is 0 Å². The van der Waals surface area contributed by atoms with E-state index in [2.05, 4.69) is 43.8 Å². The molecule has 0 aromatic heterocycles. The highest BCUT2D eigenvalue weighted by molar-refractivity contribution is 14.1. The lowest BCUT2D eigenvalue weighted by atomic mass is 10.0. The number of aliphatic hydroxyl groups is 1. The first-order valence-electron chi connectivity index (χ1n) is 5.96. The molecule has 98 valence electrons. The largest absolute Gasteiger partial charge is 0.388 e. The molecule has 0 spiro atoms. The van der Waals surface area contributed by atoms with Crippen LogP contribution in [0.5, 0.6) is 0 Å². The van der Waals surface area contributed by atoms with Crippen LogP contribution in [0.15, 0.2) is 22.7 Å². The summed E-state index contributed by atoms with van der Waals surface area (Å²) in [6, 6.07) is 5.60. The molecule has 0 aliphatic heterocycles. The second-order valence-electron chi connectivity index (χ2n) is 4.74. The van der Waals surface area contributed by atoms with E-state index < -0.39 is 5.60 Å². The van der Waals surface area contributed by atoms with Gasteiger partial charge in [-0.05, 0) is 53.6 Å². The van der Waals surface area contributed by atoms with Crippen molar-refractivity contribution < 1.29 is 9.90 Å². The molecule has 18 heavy (non-hydrogen) atoms. The van der Waals surface area contributed by atoms with Crippen molar-refractivity contribution in [2.24, 2.45) is 0 Å². The summed E-state index contributed by atoms with van der Waals surface area (Å²) >= 11 is 5.50. The van der Waals surface area contributed by atoms with Crippen molar-refractivity contribution in [2.45, 2.75) is 31.3 Å². The van der Waals surface area contributed by atoms with Gasteiger partial charge in [0.1, 0.15) is 0 Å². The molecule has 1 aromatic carbocycles. The zero-order valence-electron chi connectivity index (χ0n) is 9.88. The summed E-state index contributed by atoms with van der Waals surface area (Å²) in [5, 5.41) is 13.0. The number of amides is 1. The van der Waals surface area contributed by atoms with E-state index in [0.717, 1.165) is 33.7 Å². The van der Waals surface area contributed by atoms with Gasteiger partial charge in [0.05, 0.1) is 11.2 Å². The third-order valence-electron chi connectivity index (χ3n) is 3.29. The van der Waals surface area contributed by atoms with Crippen LogP contribution in [-0.4, -0.2) is 23.2 Å². The lowest BCUT2D eigenvalue weighted by molar-refractivity contribution is 0.0449. The van der Waals surface area contributed by atoms with Crippen LogP contribution in [-0.2, 0) is 0 Å². The Kier molecular flexibility index (Phi) is 4.66. The Morgan fingerprint density at radius 3 is 2.78 bits per heavy atom. The average molecular weight is 424 g/mol. The van der Waals surface area contributed by atoms with Crippen LogP contribution in [0.1, 0.15) is 36.0 Å². The van der Waals surface area contributed by atoms with Crippen LogP contribution in [0, 0.1) is 3.57 Å². The molecule has 1 aromatic rings. The molecule has 1 aliphatic carbocycles. The molecule has 1 amide bonds. The molecule has 1 fully saturated rings. The van der Waals surface area contributed by atoms with Crippen molar-refractivity contribution in [3.63, 3.8) is 0 Å². The molecule has 0 heterocycles. The van der Waals surface area contributed by atoms with Crippen molar-refractivity contribution in [3.8, 4) is 0 Å². The Bertz CT molecular complexity index is 458. The molecule has 3 nitrogen and oxygen atoms in total. The third kappa shape index (κ3) is 3.45. The molecule has 0 saturated heterocycles. The maximum absolute atomic E-state index is 12.1. The van der Waals surface area contributed by atoms with E-state index in [9.17, 15) is 9.90 Å². The highest BCUT2D eigenvalue weighted by Gasteiger charge is 2.31. The first-order valence-corrected chi connectivity index (χ1v) is 7.83. The van der Waals surface area contributed by atoms with Crippen molar-refractivity contribution >= 4 is 44.4 Å². The number of hydrogen-bond donors (Lipinski definition) is 2. The van der Waals surface area contributed by atoms with Crippen molar-refractivity contribution in [3.05, 3.63) is 31.8 Å².